The number of carbonyl (C=O) groups is 1. The van der Waals surface area contributed by atoms with Crippen LogP contribution in [0, 0.1) is 0 Å². The van der Waals surface area contributed by atoms with E-state index >= 15 is 0 Å². The average Bonchev–Trinajstić information content (AvgIpc) is 2.90. The number of nitrogens with zero attached hydrogens (tertiary/aromatic N) is 1. The van der Waals surface area contributed by atoms with Crippen molar-refractivity contribution >= 4 is 17.0 Å². The minimum absolute atomic E-state index is 0.101. The first-order valence-electron chi connectivity index (χ1n) is 7.38. The molecule has 0 fully saturated rings. The second kappa shape index (κ2) is 7.22. The van der Waals surface area contributed by atoms with E-state index in [-0.39, 0.29) is 11.8 Å². The lowest BCUT2D eigenvalue weighted by molar-refractivity contribution is 0.0944. The number of aromatic nitrogens is 1. The van der Waals surface area contributed by atoms with Gasteiger partial charge in [0, 0.05) is 31.2 Å². The monoisotopic (exact) mass is 290 g/mol. The Kier molecular flexibility index (Phi) is 5.33. The van der Waals surface area contributed by atoms with Crippen molar-refractivity contribution in [2.75, 3.05) is 19.8 Å². The third-order valence-corrected chi connectivity index (χ3v) is 3.12. The molecule has 0 aliphatic carbocycles. The van der Waals surface area contributed by atoms with Gasteiger partial charge in [-0.1, -0.05) is 13.8 Å². The minimum Gasteiger partial charge on any atom is -0.440 e. The van der Waals surface area contributed by atoms with Gasteiger partial charge in [0.2, 0.25) is 0 Å². The molecule has 21 heavy (non-hydrogen) atoms. The molecule has 0 aliphatic rings. The van der Waals surface area contributed by atoms with E-state index in [0.29, 0.717) is 36.8 Å². The Bertz CT molecular complexity index is 605. The Morgan fingerprint density at radius 1 is 1.43 bits per heavy atom. The van der Waals surface area contributed by atoms with Crippen LogP contribution in [0.3, 0.4) is 0 Å². The van der Waals surface area contributed by atoms with Gasteiger partial charge in [0.05, 0.1) is 0 Å². The van der Waals surface area contributed by atoms with Crippen molar-refractivity contribution in [1.29, 1.82) is 0 Å². The van der Waals surface area contributed by atoms with Gasteiger partial charge < -0.3 is 14.5 Å². The zero-order chi connectivity index (χ0) is 15.2. The molecule has 0 bridgehead atoms. The number of rotatable bonds is 7. The molecule has 0 unspecified atom stereocenters. The van der Waals surface area contributed by atoms with E-state index in [4.69, 9.17) is 9.15 Å². The molecule has 1 aromatic heterocycles. The highest BCUT2D eigenvalue weighted by molar-refractivity contribution is 5.96. The van der Waals surface area contributed by atoms with E-state index in [1.165, 1.54) is 0 Å². The molecule has 0 aliphatic heterocycles. The fraction of sp³-hybridized carbons (Fsp3) is 0.500. The molecule has 2 rings (SSSR count). The Morgan fingerprint density at radius 2 is 2.24 bits per heavy atom. The molecule has 0 radical (unpaired) electrons. The molecule has 0 atom stereocenters. The summed E-state index contributed by atoms with van der Waals surface area (Å²) in [6.45, 7) is 7.97. The number of nitrogens with one attached hydrogen (secondary N) is 1. The first-order valence-corrected chi connectivity index (χ1v) is 7.38. The third-order valence-electron chi connectivity index (χ3n) is 3.12. The summed E-state index contributed by atoms with van der Waals surface area (Å²) in [6, 6.07) is 5.33. The maximum atomic E-state index is 12.0. The first kappa shape index (κ1) is 15.5. The number of amides is 1. The highest BCUT2D eigenvalue weighted by Crippen LogP contribution is 2.22. The molecule has 0 spiro atoms. The molecule has 1 aromatic carbocycles. The molecule has 5 nitrogen and oxygen atoms in total. The van der Waals surface area contributed by atoms with Gasteiger partial charge in [0.1, 0.15) is 5.52 Å². The molecule has 1 N–H and O–H groups in total. The maximum Gasteiger partial charge on any atom is 0.251 e. The van der Waals surface area contributed by atoms with Crippen molar-refractivity contribution in [2.24, 2.45) is 0 Å². The van der Waals surface area contributed by atoms with Crippen LogP contribution in [0.2, 0.25) is 0 Å². The summed E-state index contributed by atoms with van der Waals surface area (Å²) in [5, 5.41) is 2.87. The second-order valence-electron chi connectivity index (χ2n) is 5.20. The van der Waals surface area contributed by atoms with Crippen LogP contribution in [-0.4, -0.2) is 30.6 Å². The summed E-state index contributed by atoms with van der Waals surface area (Å²) >= 11 is 0. The Labute approximate surface area is 124 Å². The highest BCUT2D eigenvalue weighted by atomic mass is 16.5. The van der Waals surface area contributed by atoms with Gasteiger partial charge in [0.25, 0.3) is 5.91 Å². The SMILES string of the molecule is CCOCCCNC(=O)c1ccc2nc(C(C)C)oc2c1. The minimum atomic E-state index is -0.101. The quantitative estimate of drug-likeness (QED) is 0.796. The van der Waals surface area contributed by atoms with E-state index < -0.39 is 0 Å². The molecular formula is C16H22N2O3. The molecule has 1 amide bonds. The molecule has 114 valence electrons. The molecule has 2 aromatic rings. The molecule has 5 heteroatoms. The van der Waals surface area contributed by atoms with Crippen LogP contribution in [-0.2, 0) is 4.74 Å². The molecule has 1 heterocycles. The third kappa shape index (κ3) is 4.04. The molecular weight excluding hydrogens is 268 g/mol. The van der Waals surface area contributed by atoms with Gasteiger partial charge in [-0.25, -0.2) is 4.98 Å². The maximum absolute atomic E-state index is 12.0. The zero-order valence-electron chi connectivity index (χ0n) is 12.8. The number of carbonyl (C=O) groups excluding carboxylic acids is 1. The zero-order valence-corrected chi connectivity index (χ0v) is 12.8. The number of fused-ring (bicyclic) bond motifs is 1. The van der Waals surface area contributed by atoms with Crippen LogP contribution in [0.1, 0.15) is 49.4 Å². The summed E-state index contributed by atoms with van der Waals surface area (Å²) in [6.07, 6.45) is 0.807. The fourth-order valence-corrected chi connectivity index (χ4v) is 1.95. The van der Waals surface area contributed by atoms with Crippen molar-refractivity contribution in [3.05, 3.63) is 29.7 Å². The number of hydrogen-bond donors (Lipinski definition) is 1. The lowest BCUT2D eigenvalue weighted by atomic mass is 10.2. The summed E-state index contributed by atoms with van der Waals surface area (Å²) < 4.78 is 10.9. The number of hydrogen-bond acceptors (Lipinski definition) is 4. The van der Waals surface area contributed by atoms with Crippen LogP contribution >= 0.6 is 0 Å². The van der Waals surface area contributed by atoms with E-state index in [2.05, 4.69) is 10.3 Å². The predicted octanol–water partition coefficient (Wildman–Crippen LogP) is 3.11. The van der Waals surface area contributed by atoms with Gasteiger partial charge in [0.15, 0.2) is 11.5 Å². The lowest BCUT2D eigenvalue weighted by Crippen LogP contribution is -2.25. The number of benzene rings is 1. The fourth-order valence-electron chi connectivity index (χ4n) is 1.95. The van der Waals surface area contributed by atoms with E-state index in [0.717, 1.165) is 11.9 Å². The van der Waals surface area contributed by atoms with Gasteiger partial charge in [-0.05, 0) is 31.5 Å². The standard InChI is InChI=1S/C16H22N2O3/c1-4-20-9-5-8-17-15(19)12-6-7-13-14(10-12)21-16(18-13)11(2)3/h6-7,10-11H,4-5,8-9H2,1-3H3,(H,17,19). The average molecular weight is 290 g/mol. The Balaban J connectivity index is 1.99. The Hall–Kier alpha value is -1.88. The largest absolute Gasteiger partial charge is 0.440 e. The van der Waals surface area contributed by atoms with Gasteiger partial charge in [-0.2, -0.15) is 0 Å². The second-order valence-corrected chi connectivity index (χ2v) is 5.20. The summed E-state index contributed by atoms with van der Waals surface area (Å²) in [7, 11) is 0. The normalized spacial score (nSPS) is 11.2. The van der Waals surface area contributed by atoms with Crippen LogP contribution in [0.5, 0.6) is 0 Å². The predicted molar refractivity (Wildman–Crippen MR) is 81.5 cm³/mol. The highest BCUT2D eigenvalue weighted by Gasteiger charge is 2.12. The first-order chi connectivity index (χ1) is 10.1. The van der Waals surface area contributed by atoms with Crippen LogP contribution in [0.25, 0.3) is 11.1 Å². The summed E-state index contributed by atoms with van der Waals surface area (Å²) in [5.74, 6) is 0.823. The van der Waals surface area contributed by atoms with E-state index in [1.54, 1.807) is 12.1 Å². The smallest absolute Gasteiger partial charge is 0.251 e. The molecule has 0 saturated heterocycles. The van der Waals surface area contributed by atoms with Crippen molar-refractivity contribution < 1.29 is 13.9 Å². The van der Waals surface area contributed by atoms with Gasteiger partial charge >= 0.3 is 0 Å². The van der Waals surface area contributed by atoms with Crippen molar-refractivity contribution in [3.8, 4) is 0 Å². The number of ether oxygens (including phenoxy) is 1. The number of oxazole rings is 1. The van der Waals surface area contributed by atoms with Gasteiger partial charge in [-0.15, -0.1) is 0 Å². The van der Waals surface area contributed by atoms with Crippen molar-refractivity contribution in [1.82, 2.24) is 10.3 Å². The van der Waals surface area contributed by atoms with E-state index in [9.17, 15) is 4.79 Å². The lowest BCUT2D eigenvalue weighted by Gasteiger charge is -2.05. The topological polar surface area (TPSA) is 64.4 Å². The van der Waals surface area contributed by atoms with Crippen LogP contribution < -0.4 is 5.32 Å². The van der Waals surface area contributed by atoms with Crippen molar-refractivity contribution in [2.45, 2.75) is 33.1 Å². The Morgan fingerprint density at radius 3 is 2.95 bits per heavy atom. The molecule has 0 saturated carbocycles. The van der Waals surface area contributed by atoms with E-state index in [1.807, 2.05) is 26.8 Å². The van der Waals surface area contributed by atoms with Gasteiger partial charge in [-0.3, -0.25) is 4.79 Å². The van der Waals surface area contributed by atoms with Crippen molar-refractivity contribution in [3.63, 3.8) is 0 Å². The summed E-state index contributed by atoms with van der Waals surface area (Å²) in [4.78, 5) is 16.4. The van der Waals surface area contributed by atoms with Crippen LogP contribution in [0.4, 0.5) is 0 Å². The van der Waals surface area contributed by atoms with Crippen LogP contribution in [0.15, 0.2) is 22.6 Å². The summed E-state index contributed by atoms with van der Waals surface area (Å²) in [5.41, 5.74) is 2.03.